The minimum Gasteiger partial charge on any atom is -0.480 e. The molecule has 42 nitrogen and oxygen atoms in total. The highest BCUT2D eigenvalue weighted by Gasteiger charge is 2.56. The van der Waals surface area contributed by atoms with Crippen molar-refractivity contribution < 1.29 is 192 Å². The number of carbonyl (C=O) groups is 4. The average Bonchev–Trinajstić information content (AvgIpc) is 0.814. The van der Waals surface area contributed by atoms with Gasteiger partial charge in [-0.2, -0.15) is 0 Å². The second-order valence-corrected chi connectivity index (χ2v) is 25.4. The fourth-order valence-corrected chi connectivity index (χ4v) is 11.3. The Balaban J connectivity index is 0.925. The van der Waals surface area contributed by atoms with Gasteiger partial charge in [0, 0.05) is 5.41 Å². The molecule has 7 heterocycles. The average molecular weight is 1450 g/mol. The van der Waals surface area contributed by atoms with E-state index in [2.05, 4.69) is 16.0 Å². The summed E-state index contributed by atoms with van der Waals surface area (Å²) in [5, 5.41) is 223. The topological polar surface area (TPSA) is 647 Å². The molecule has 8 rings (SSSR count). The summed E-state index contributed by atoms with van der Waals surface area (Å²) in [6.45, 7) is -2.74. The number of aliphatic hydroxyl groups excluding tert-OH is 19. The molecule has 3 amide bonds. The largest absolute Gasteiger partial charge is 0.480 e. The van der Waals surface area contributed by atoms with Gasteiger partial charge in [0.25, 0.3) is 0 Å². The van der Waals surface area contributed by atoms with Crippen LogP contribution in [0.3, 0.4) is 0 Å². The van der Waals surface area contributed by atoms with Gasteiger partial charge in [-0.25, -0.2) is 4.79 Å². The third kappa shape index (κ3) is 19.9. The van der Waals surface area contributed by atoms with E-state index in [9.17, 15) is 116 Å². The van der Waals surface area contributed by atoms with Crippen LogP contribution in [0, 0.1) is 5.41 Å². The number of carboxylic acid groups (broad SMARTS) is 1. The molecule has 0 radical (unpaired) electrons. The standard InChI is InChI=1S/C58H91N3O39/c1-19(47(81)60-21(3)49(83)84)59-48(82)20(2)61-57(85)92-9-22-4-6-23(7-5-22)95-53-34(70)24(63)8-58(16-62,17-93-53)18-94-54-43(79)37(73)45(29(97-54)14-90-51-40(76)32(68)26(65)11-87-51)100-56-44(80)38(74)46(30(98-56)15-91-52-41(77)33(69)27(66)12-88-52)99-55-42(78)36(72)35(71)28(96-55)13-89-50-39(75)31(67)25(64)10-86-50/h4-7,19-21,24-46,50-56,62-80H,8-18H2,1-3H3,(H,59,82)(H,60,81)(H,61,85)(H,83,84)/t19-,20-,21-,24?,25+,26+,27+,28?,29?,30?,31?,32?,33?,34?,35+,36?,37?,38?,39?,40?,41?,42?,43?,44?,45+,46+,50+,51+,52+,53-,54+,55-,56-,58?/m0/s1. The van der Waals surface area contributed by atoms with Crippen LogP contribution >= 0.6 is 0 Å². The molecule has 0 aromatic heterocycles. The van der Waals surface area contributed by atoms with Gasteiger partial charge in [0.2, 0.25) is 18.1 Å². The Hall–Kier alpha value is -4.58. The molecule has 7 saturated heterocycles. The van der Waals surface area contributed by atoms with Crippen LogP contribution in [0.4, 0.5) is 4.79 Å². The molecular formula is C58H91N3O39. The monoisotopic (exact) mass is 1450 g/mol. The minimum atomic E-state index is -2.33. The molecule has 42 heteroatoms. The van der Waals surface area contributed by atoms with Crippen molar-refractivity contribution >= 4 is 23.9 Å². The van der Waals surface area contributed by atoms with Gasteiger partial charge < -0.3 is 189 Å². The molecule has 100 heavy (non-hydrogen) atoms. The summed E-state index contributed by atoms with van der Waals surface area (Å²) in [6, 6.07) is 2.09. The Morgan fingerprint density at radius 2 is 0.880 bits per heavy atom. The second kappa shape index (κ2) is 35.9. The maximum Gasteiger partial charge on any atom is 0.408 e. The number of hydrogen-bond donors (Lipinski definition) is 23. The Kier molecular flexibility index (Phi) is 29.1. The van der Waals surface area contributed by atoms with Crippen molar-refractivity contribution in [2.75, 3.05) is 59.5 Å². The third-order valence-electron chi connectivity index (χ3n) is 17.7. The van der Waals surface area contributed by atoms with Gasteiger partial charge in [-0.1, -0.05) is 12.1 Å². The zero-order valence-electron chi connectivity index (χ0n) is 53.8. The van der Waals surface area contributed by atoms with E-state index in [0.29, 0.717) is 5.56 Å². The normalized spacial score (nSPS) is 42.8. The van der Waals surface area contributed by atoms with Crippen LogP contribution in [-0.2, 0) is 87.3 Å². The number of ether oxygens (including phenoxy) is 15. The highest BCUT2D eigenvalue weighted by Crippen LogP contribution is 2.37. The van der Waals surface area contributed by atoms with E-state index in [1.165, 1.54) is 45.0 Å². The number of rotatable bonds is 27. The molecule has 7 aliphatic heterocycles. The van der Waals surface area contributed by atoms with E-state index >= 15 is 0 Å². The van der Waals surface area contributed by atoms with Crippen molar-refractivity contribution in [2.45, 2.75) is 236 Å². The van der Waals surface area contributed by atoms with Gasteiger partial charge in [0.1, 0.15) is 165 Å². The van der Waals surface area contributed by atoms with E-state index in [-0.39, 0.29) is 12.4 Å². The van der Waals surface area contributed by atoms with Gasteiger partial charge in [0.05, 0.1) is 65.6 Å². The predicted molar refractivity (Wildman–Crippen MR) is 313 cm³/mol. The molecular weight excluding hydrogens is 1360 g/mol. The molecule has 23 N–H and O–H groups in total. The molecule has 0 spiro atoms. The summed E-state index contributed by atoms with van der Waals surface area (Å²) in [6.07, 6.45) is -58.3. The van der Waals surface area contributed by atoms with Crippen molar-refractivity contribution in [1.29, 1.82) is 0 Å². The molecule has 7 aliphatic rings. The van der Waals surface area contributed by atoms with Crippen molar-refractivity contribution in [3.8, 4) is 5.75 Å². The lowest BCUT2D eigenvalue weighted by atomic mass is 9.84. The van der Waals surface area contributed by atoms with E-state index < -0.39 is 298 Å². The van der Waals surface area contributed by atoms with Gasteiger partial charge >= 0.3 is 12.1 Å². The zero-order chi connectivity index (χ0) is 73.4. The number of aliphatic carboxylic acids is 1. The first-order valence-corrected chi connectivity index (χ1v) is 31.8. The molecule has 7 fully saturated rings. The Bertz CT molecular complexity index is 2760. The van der Waals surface area contributed by atoms with Crippen LogP contribution in [0.25, 0.3) is 0 Å². The zero-order valence-corrected chi connectivity index (χ0v) is 53.8. The van der Waals surface area contributed by atoms with E-state index in [0.717, 1.165) is 0 Å². The number of amides is 3. The van der Waals surface area contributed by atoms with Crippen molar-refractivity contribution in [3.05, 3.63) is 29.8 Å². The van der Waals surface area contributed by atoms with Gasteiger partial charge in [-0.15, -0.1) is 0 Å². The maximum atomic E-state index is 12.6. The highest BCUT2D eigenvalue weighted by molar-refractivity contribution is 5.92. The van der Waals surface area contributed by atoms with Crippen LogP contribution in [-0.4, -0.2) is 388 Å². The Labute approximate surface area is 567 Å². The van der Waals surface area contributed by atoms with E-state index in [1.54, 1.807) is 0 Å². The molecule has 34 atom stereocenters. The summed E-state index contributed by atoms with van der Waals surface area (Å²) < 4.78 is 85.7. The van der Waals surface area contributed by atoms with Crippen LogP contribution in [0.1, 0.15) is 32.8 Å². The van der Waals surface area contributed by atoms with E-state index in [1.807, 2.05) is 0 Å². The molecule has 572 valence electrons. The highest BCUT2D eigenvalue weighted by atomic mass is 16.8. The lowest BCUT2D eigenvalue weighted by molar-refractivity contribution is -0.387. The predicted octanol–water partition coefficient (Wildman–Crippen LogP) is -12.9. The van der Waals surface area contributed by atoms with Crippen LogP contribution in [0.2, 0.25) is 0 Å². The lowest BCUT2D eigenvalue weighted by Gasteiger charge is -2.49. The number of carbonyl (C=O) groups excluding carboxylic acids is 3. The van der Waals surface area contributed by atoms with Crippen molar-refractivity contribution in [1.82, 2.24) is 16.0 Å². The molecule has 1 aromatic rings. The Morgan fingerprint density at radius 3 is 1.36 bits per heavy atom. The minimum absolute atomic E-state index is 0.0509. The summed E-state index contributed by atoms with van der Waals surface area (Å²) in [5.41, 5.74) is -1.28. The molecule has 1 aromatic carbocycles. The van der Waals surface area contributed by atoms with Crippen LogP contribution < -0.4 is 20.7 Å². The number of carboxylic acids is 1. The third-order valence-corrected chi connectivity index (χ3v) is 17.7. The Morgan fingerprint density at radius 1 is 0.460 bits per heavy atom. The fourth-order valence-electron chi connectivity index (χ4n) is 11.3. The summed E-state index contributed by atoms with van der Waals surface area (Å²) in [7, 11) is 0. The second-order valence-electron chi connectivity index (χ2n) is 25.4. The summed E-state index contributed by atoms with van der Waals surface area (Å²) in [4.78, 5) is 48.5. The molecule has 0 bridgehead atoms. The first kappa shape index (κ1) is 81.1. The van der Waals surface area contributed by atoms with Gasteiger partial charge in [-0.3, -0.25) is 14.4 Å². The van der Waals surface area contributed by atoms with Crippen LogP contribution in [0.5, 0.6) is 5.75 Å². The fraction of sp³-hybridized carbons (Fsp3) is 0.828. The first-order chi connectivity index (χ1) is 47.2. The number of nitrogens with one attached hydrogen (secondary N) is 3. The molecule has 18 unspecified atom stereocenters. The number of benzene rings is 1. The smallest absolute Gasteiger partial charge is 0.408 e. The van der Waals surface area contributed by atoms with Gasteiger partial charge in [0.15, 0.2) is 37.7 Å². The van der Waals surface area contributed by atoms with Gasteiger partial charge in [-0.05, 0) is 44.9 Å². The maximum absolute atomic E-state index is 12.6. The number of hydrogen-bond acceptors (Lipinski definition) is 38. The quantitative estimate of drug-likeness (QED) is 0.0389. The van der Waals surface area contributed by atoms with Crippen molar-refractivity contribution in [3.63, 3.8) is 0 Å². The molecule has 0 saturated carbocycles. The van der Waals surface area contributed by atoms with Crippen LogP contribution in [0.15, 0.2) is 24.3 Å². The summed E-state index contributed by atoms with van der Waals surface area (Å²) in [5.74, 6) is -2.81. The van der Waals surface area contributed by atoms with E-state index in [4.69, 9.17) is 76.2 Å². The SMILES string of the molecule is C[C@H](NC(=O)[C@H](C)NC(=O)[C@H](C)NC(=O)OCc1ccc(O[C@@H]2OCC(CO)(CO[C@@H]3OC(CO[C@H]4OC[C@@H](O)C(O)C4O)[C@@H](O[C@@H]4OC(CO[C@H]5OC[C@@H](O)C(O)C5O)[C@@H](O[C@@H]5OC(CO[C@H]6OC[C@@H](O)C(O)C6O)[C@@H](O)C(O)C5O)C(O)C4O)C(O)C3O)CC(O)C2O)cc1)C(=O)O. The summed E-state index contributed by atoms with van der Waals surface area (Å²) >= 11 is 0. The lowest BCUT2D eigenvalue weighted by Crippen LogP contribution is -2.67. The first-order valence-electron chi connectivity index (χ1n) is 31.8. The number of alkyl carbamates (subject to hydrolysis) is 1. The molecule has 0 aliphatic carbocycles. The van der Waals surface area contributed by atoms with Crippen molar-refractivity contribution in [2.24, 2.45) is 5.41 Å². The number of aliphatic hydroxyl groups is 19.